The van der Waals surface area contributed by atoms with Crippen LogP contribution in [0, 0.1) is 0 Å². The molecule has 1 fully saturated rings. The number of hydrogen-bond donors (Lipinski definition) is 3. The number of carbonyl (C=O) groups excluding carboxylic acids is 1. The van der Waals surface area contributed by atoms with Gasteiger partial charge in [-0.15, -0.1) is 0 Å². The molecule has 5 rings (SSSR count). The molecule has 4 aromatic rings. The Hall–Kier alpha value is -3.43. The zero-order valence-corrected chi connectivity index (χ0v) is 23.1. The maximum absolute atomic E-state index is 11.4. The van der Waals surface area contributed by atoms with Crippen molar-refractivity contribution in [1.82, 2.24) is 25.4 Å². The maximum Gasteiger partial charge on any atom is 0.220 e. The van der Waals surface area contributed by atoms with Crippen molar-refractivity contribution < 1.29 is 9.53 Å². The number of nitrogens with zero attached hydrogens (tertiary/aromatic N) is 3. The summed E-state index contributed by atoms with van der Waals surface area (Å²) in [6.07, 6.45) is 5.15. The van der Waals surface area contributed by atoms with E-state index in [4.69, 9.17) is 38.7 Å². The van der Waals surface area contributed by atoms with Crippen molar-refractivity contribution in [3.63, 3.8) is 0 Å². The van der Waals surface area contributed by atoms with Crippen molar-refractivity contribution in [2.75, 3.05) is 20.2 Å². The molecule has 0 spiro atoms. The lowest BCUT2D eigenvalue weighted by Crippen LogP contribution is -2.35. The molecule has 3 heterocycles. The third kappa shape index (κ3) is 5.94. The Balaban J connectivity index is 1.40. The average molecular weight is 566 g/mol. The molecular weight excluding hydrogens is 535 g/mol. The van der Waals surface area contributed by atoms with Crippen LogP contribution < -0.4 is 21.1 Å². The second-order valence-electron chi connectivity index (χ2n) is 9.41. The molecule has 0 bridgehead atoms. The van der Waals surface area contributed by atoms with E-state index in [1.54, 1.807) is 18.0 Å². The minimum absolute atomic E-state index is 0.108. The van der Waals surface area contributed by atoms with Crippen molar-refractivity contribution in [3.8, 4) is 39.4 Å². The fraction of sp³-hybridized carbons (Fsp3) is 0.276. The molecular formula is C29H30Cl2N6O2. The van der Waals surface area contributed by atoms with Gasteiger partial charge >= 0.3 is 0 Å². The van der Waals surface area contributed by atoms with Gasteiger partial charge in [0.1, 0.15) is 0 Å². The summed E-state index contributed by atoms with van der Waals surface area (Å²) in [7, 11) is 1.60. The molecule has 0 radical (unpaired) electrons. The number of carbonyl (C=O) groups is 1. The van der Waals surface area contributed by atoms with E-state index in [1.807, 2.05) is 54.7 Å². The molecule has 1 aliphatic rings. The van der Waals surface area contributed by atoms with Crippen molar-refractivity contribution in [2.24, 2.45) is 5.73 Å². The van der Waals surface area contributed by atoms with Gasteiger partial charge in [-0.05, 0) is 12.5 Å². The smallest absolute Gasteiger partial charge is 0.220 e. The summed E-state index contributed by atoms with van der Waals surface area (Å²) in [6.45, 7) is 2.40. The molecule has 8 nitrogen and oxygen atoms in total. The lowest BCUT2D eigenvalue weighted by Gasteiger charge is -2.15. The first kappa shape index (κ1) is 27.1. The van der Waals surface area contributed by atoms with Crippen LogP contribution in [0.4, 0.5) is 0 Å². The van der Waals surface area contributed by atoms with Crippen LogP contribution in [0.2, 0.25) is 10.0 Å². The highest BCUT2D eigenvalue weighted by molar-refractivity contribution is 6.39. The first-order chi connectivity index (χ1) is 19.0. The number of pyridine rings is 1. The molecule has 1 unspecified atom stereocenters. The van der Waals surface area contributed by atoms with Gasteiger partial charge in [-0.25, -0.2) is 4.98 Å². The highest BCUT2D eigenvalue weighted by Crippen LogP contribution is 2.42. The van der Waals surface area contributed by atoms with Crippen molar-refractivity contribution in [3.05, 3.63) is 76.5 Å². The predicted octanol–water partition coefficient (Wildman–Crippen LogP) is 4.92. The molecule has 2 aromatic heterocycles. The lowest BCUT2D eigenvalue weighted by atomic mass is 9.97. The Kier molecular flexibility index (Phi) is 8.47. The van der Waals surface area contributed by atoms with Gasteiger partial charge in [-0.1, -0.05) is 65.7 Å². The van der Waals surface area contributed by atoms with Gasteiger partial charge in [0.15, 0.2) is 0 Å². The van der Waals surface area contributed by atoms with Gasteiger partial charge in [-0.2, -0.15) is 5.10 Å². The summed E-state index contributed by atoms with van der Waals surface area (Å²) >= 11 is 13.9. The topological polar surface area (TPSA) is 107 Å². The predicted molar refractivity (Wildman–Crippen MR) is 155 cm³/mol. The van der Waals surface area contributed by atoms with Gasteiger partial charge in [0.25, 0.3) is 0 Å². The van der Waals surface area contributed by atoms with Crippen LogP contribution in [0.1, 0.15) is 18.4 Å². The molecule has 1 saturated heterocycles. The van der Waals surface area contributed by atoms with Crippen LogP contribution in [-0.4, -0.2) is 46.9 Å². The Bertz CT molecular complexity index is 1490. The summed E-state index contributed by atoms with van der Waals surface area (Å²) in [5, 5.41) is 11.9. The Morgan fingerprint density at radius 2 is 1.79 bits per heavy atom. The van der Waals surface area contributed by atoms with E-state index in [9.17, 15) is 4.79 Å². The number of benzene rings is 2. The second kappa shape index (κ2) is 12.2. The molecule has 202 valence electrons. The zero-order valence-electron chi connectivity index (χ0n) is 21.6. The molecule has 0 aliphatic carbocycles. The normalized spacial score (nSPS) is 15.0. The van der Waals surface area contributed by atoms with Crippen molar-refractivity contribution >= 4 is 29.1 Å². The fourth-order valence-electron chi connectivity index (χ4n) is 4.80. The SMILES string of the molecule is COc1nc(-c2cccc(-c3cccc(-c4cnn(CCN)c4)c3Cl)c2Cl)ccc1CNCC1CCC(=O)N1. The molecule has 1 amide bonds. The minimum atomic E-state index is 0.108. The van der Waals surface area contributed by atoms with Crippen molar-refractivity contribution in [2.45, 2.75) is 32.0 Å². The number of amides is 1. The standard InChI is InChI=1S/C29H30Cl2N6O2/c1-39-29-18(14-33-16-20-9-11-26(38)35-20)8-10-25(36-29)24-7-3-6-23(28(24)31)22-5-2-4-21(27(22)30)19-15-34-37(17-19)13-12-32/h2-8,10,15,17,20,33H,9,11-14,16,32H2,1H3,(H,35,38). The number of ether oxygens (including phenoxy) is 1. The van der Waals surface area contributed by atoms with E-state index >= 15 is 0 Å². The molecule has 1 aliphatic heterocycles. The molecule has 39 heavy (non-hydrogen) atoms. The number of methoxy groups -OCH3 is 1. The Labute approximate surface area is 237 Å². The van der Waals surface area contributed by atoms with Crippen LogP contribution >= 0.6 is 23.2 Å². The quantitative estimate of drug-likeness (QED) is 0.252. The van der Waals surface area contributed by atoms with Crippen molar-refractivity contribution in [1.29, 1.82) is 0 Å². The van der Waals surface area contributed by atoms with Crippen LogP contribution in [0.3, 0.4) is 0 Å². The zero-order chi connectivity index (χ0) is 27.4. The number of nitrogens with two attached hydrogens (primary N) is 1. The summed E-state index contributed by atoms with van der Waals surface area (Å²) in [5.74, 6) is 0.627. The van der Waals surface area contributed by atoms with Crippen LogP contribution in [-0.2, 0) is 17.9 Å². The monoisotopic (exact) mass is 564 g/mol. The fourth-order valence-corrected chi connectivity index (χ4v) is 5.46. The van der Waals surface area contributed by atoms with E-state index in [2.05, 4.69) is 15.7 Å². The first-order valence-corrected chi connectivity index (χ1v) is 13.6. The van der Waals surface area contributed by atoms with E-state index in [0.29, 0.717) is 54.2 Å². The third-order valence-electron chi connectivity index (χ3n) is 6.79. The van der Waals surface area contributed by atoms with E-state index in [0.717, 1.165) is 39.8 Å². The number of rotatable bonds is 10. The Morgan fingerprint density at radius 3 is 2.49 bits per heavy atom. The number of halogens is 2. The summed E-state index contributed by atoms with van der Waals surface area (Å²) < 4.78 is 7.41. The van der Waals surface area contributed by atoms with Gasteiger partial charge in [-0.3, -0.25) is 9.48 Å². The minimum Gasteiger partial charge on any atom is -0.481 e. The molecule has 4 N–H and O–H groups in total. The number of aromatic nitrogens is 3. The largest absolute Gasteiger partial charge is 0.481 e. The molecule has 0 saturated carbocycles. The molecule has 2 aromatic carbocycles. The number of nitrogens with one attached hydrogen (secondary N) is 2. The van der Waals surface area contributed by atoms with E-state index in [-0.39, 0.29) is 11.9 Å². The van der Waals surface area contributed by atoms with E-state index in [1.165, 1.54) is 0 Å². The maximum atomic E-state index is 11.4. The van der Waals surface area contributed by atoms with Crippen LogP contribution in [0.25, 0.3) is 33.5 Å². The van der Waals surface area contributed by atoms with E-state index < -0.39 is 0 Å². The van der Waals surface area contributed by atoms with Gasteiger partial charge in [0.2, 0.25) is 11.8 Å². The highest BCUT2D eigenvalue weighted by Gasteiger charge is 2.21. The summed E-state index contributed by atoms with van der Waals surface area (Å²) in [6, 6.07) is 15.8. The van der Waals surface area contributed by atoms with Gasteiger partial charge in [0, 0.05) is 71.7 Å². The molecule has 10 heteroatoms. The first-order valence-electron chi connectivity index (χ1n) is 12.8. The van der Waals surface area contributed by atoms with Crippen LogP contribution in [0.5, 0.6) is 5.88 Å². The van der Waals surface area contributed by atoms with Crippen LogP contribution in [0.15, 0.2) is 60.9 Å². The third-order valence-corrected chi connectivity index (χ3v) is 7.60. The second-order valence-corrected chi connectivity index (χ2v) is 10.2. The summed E-state index contributed by atoms with van der Waals surface area (Å²) in [5.41, 5.74) is 11.5. The lowest BCUT2D eigenvalue weighted by molar-refractivity contribution is -0.119. The van der Waals surface area contributed by atoms with Gasteiger partial charge < -0.3 is 21.1 Å². The average Bonchev–Trinajstić information content (AvgIpc) is 3.58. The number of hydrogen-bond acceptors (Lipinski definition) is 6. The molecule has 1 atom stereocenters. The van der Waals surface area contributed by atoms with Gasteiger partial charge in [0.05, 0.1) is 35.6 Å². The summed E-state index contributed by atoms with van der Waals surface area (Å²) in [4.78, 5) is 16.2. The highest BCUT2D eigenvalue weighted by atomic mass is 35.5. The Morgan fingerprint density at radius 1 is 1.08 bits per heavy atom.